The molecule has 0 bridgehead atoms. The lowest BCUT2D eigenvalue weighted by Crippen LogP contribution is -2.45. The molecule has 2 rings (SSSR count). The van der Waals surface area contributed by atoms with Crippen LogP contribution in [0.5, 0.6) is 0 Å². The Morgan fingerprint density at radius 1 is 1.24 bits per heavy atom. The number of nitrogens with zero attached hydrogens (tertiary/aromatic N) is 2. The molecule has 4 nitrogen and oxygen atoms in total. The fourth-order valence-corrected chi connectivity index (χ4v) is 2.34. The third-order valence-corrected chi connectivity index (χ3v) is 3.71. The number of hydrogen-bond acceptors (Lipinski definition) is 3. The minimum atomic E-state index is -0.827. The number of carbonyl (C=O) groups is 1. The predicted molar refractivity (Wildman–Crippen MR) is 77.2 cm³/mol. The molecule has 0 spiro atoms. The molecule has 1 heterocycles. The Morgan fingerprint density at radius 3 is 2.62 bits per heavy atom. The average molecular weight is 297 g/mol. The third-order valence-electron chi connectivity index (χ3n) is 3.71. The van der Waals surface area contributed by atoms with Gasteiger partial charge in [-0.15, -0.1) is 0 Å². The topological polar surface area (TPSA) is 35.6 Å². The van der Waals surface area contributed by atoms with Crippen molar-refractivity contribution in [3.05, 3.63) is 35.4 Å². The first-order valence-electron chi connectivity index (χ1n) is 7.20. The maximum absolute atomic E-state index is 13.4. The van der Waals surface area contributed by atoms with Crippen molar-refractivity contribution in [1.82, 2.24) is 15.1 Å². The number of amides is 1. The van der Waals surface area contributed by atoms with Crippen LogP contribution < -0.4 is 5.32 Å². The number of benzene rings is 1. The summed E-state index contributed by atoms with van der Waals surface area (Å²) in [5.41, 5.74) is -0.115. The molecule has 1 aromatic carbocycles. The molecule has 1 aliphatic heterocycles. The molecule has 1 N–H and O–H groups in total. The zero-order chi connectivity index (χ0) is 15.2. The van der Waals surface area contributed by atoms with E-state index in [0.29, 0.717) is 6.54 Å². The Balaban J connectivity index is 1.69. The molecule has 116 valence electrons. The Morgan fingerprint density at radius 2 is 1.95 bits per heavy atom. The molecule has 1 aromatic rings. The molecule has 1 fully saturated rings. The second kappa shape index (κ2) is 7.47. The summed E-state index contributed by atoms with van der Waals surface area (Å²) in [6.07, 6.45) is 0.818. The van der Waals surface area contributed by atoms with Crippen molar-refractivity contribution in [3.63, 3.8) is 0 Å². The summed E-state index contributed by atoms with van der Waals surface area (Å²) >= 11 is 0. The molecule has 0 unspecified atom stereocenters. The number of halogens is 2. The van der Waals surface area contributed by atoms with Crippen LogP contribution in [-0.4, -0.2) is 62.0 Å². The van der Waals surface area contributed by atoms with Crippen LogP contribution in [0.2, 0.25) is 0 Å². The minimum Gasteiger partial charge on any atom is -0.352 e. The SMILES string of the molecule is CN1CCN(CCCNC(=O)c2ccc(F)cc2F)CC1. The zero-order valence-corrected chi connectivity index (χ0v) is 12.2. The smallest absolute Gasteiger partial charge is 0.254 e. The second-order valence-corrected chi connectivity index (χ2v) is 5.38. The second-order valence-electron chi connectivity index (χ2n) is 5.38. The van der Waals surface area contributed by atoms with Gasteiger partial charge < -0.3 is 15.1 Å². The van der Waals surface area contributed by atoms with Crippen LogP contribution in [0.3, 0.4) is 0 Å². The molecular weight excluding hydrogens is 276 g/mol. The maximum atomic E-state index is 13.4. The van der Waals surface area contributed by atoms with E-state index >= 15 is 0 Å². The van der Waals surface area contributed by atoms with Crippen molar-refractivity contribution in [2.24, 2.45) is 0 Å². The van der Waals surface area contributed by atoms with Crippen molar-refractivity contribution < 1.29 is 13.6 Å². The van der Waals surface area contributed by atoms with Crippen molar-refractivity contribution in [3.8, 4) is 0 Å². The molecular formula is C15H21F2N3O. The summed E-state index contributed by atoms with van der Waals surface area (Å²) in [6, 6.07) is 2.97. The summed E-state index contributed by atoms with van der Waals surface area (Å²) in [5, 5.41) is 2.67. The first kappa shape index (κ1) is 15.9. The molecule has 6 heteroatoms. The Kier molecular flexibility index (Phi) is 5.64. The maximum Gasteiger partial charge on any atom is 0.254 e. The van der Waals surface area contributed by atoms with E-state index in [0.717, 1.165) is 51.3 Å². The fourth-order valence-electron chi connectivity index (χ4n) is 2.34. The normalized spacial score (nSPS) is 16.9. The van der Waals surface area contributed by atoms with Gasteiger partial charge in [0, 0.05) is 38.8 Å². The Hall–Kier alpha value is -1.53. The summed E-state index contributed by atoms with van der Waals surface area (Å²) < 4.78 is 26.2. The van der Waals surface area contributed by atoms with Crippen molar-refractivity contribution in [1.29, 1.82) is 0 Å². The van der Waals surface area contributed by atoms with Gasteiger partial charge in [-0.1, -0.05) is 0 Å². The molecule has 0 saturated carbocycles. The van der Waals surface area contributed by atoms with Crippen molar-refractivity contribution in [2.75, 3.05) is 46.3 Å². The van der Waals surface area contributed by atoms with Crippen LogP contribution in [0, 0.1) is 11.6 Å². The highest BCUT2D eigenvalue weighted by molar-refractivity contribution is 5.94. The van der Waals surface area contributed by atoms with E-state index in [-0.39, 0.29) is 5.56 Å². The van der Waals surface area contributed by atoms with E-state index in [2.05, 4.69) is 22.2 Å². The van der Waals surface area contributed by atoms with Crippen molar-refractivity contribution in [2.45, 2.75) is 6.42 Å². The van der Waals surface area contributed by atoms with Gasteiger partial charge in [-0.3, -0.25) is 4.79 Å². The number of hydrogen-bond donors (Lipinski definition) is 1. The monoisotopic (exact) mass is 297 g/mol. The lowest BCUT2D eigenvalue weighted by molar-refractivity contribution is 0.0945. The molecule has 1 amide bonds. The standard InChI is InChI=1S/C15H21F2N3O/c1-19-7-9-20(10-8-19)6-2-5-18-15(21)13-4-3-12(16)11-14(13)17/h3-4,11H,2,5-10H2,1H3,(H,18,21). The first-order valence-corrected chi connectivity index (χ1v) is 7.20. The average Bonchev–Trinajstić information content (AvgIpc) is 2.45. The van der Waals surface area contributed by atoms with Gasteiger partial charge >= 0.3 is 0 Å². The highest BCUT2D eigenvalue weighted by Crippen LogP contribution is 2.09. The lowest BCUT2D eigenvalue weighted by Gasteiger charge is -2.32. The number of rotatable bonds is 5. The Labute approximate surface area is 123 Å². The van der Waals surface area contributed by atoms with Gasteiger partial charge in [0.15, 0.2) is 0 Å². The van der Waals surface area contributed by atoms with Crippen LogP contribution in [0.25, 0.3) is 0 Å². The summed E-state index contributed by atoms with van der Waals surface area (Å²) in [5.74, 6) is -2.00. The van der Waals surface area contributed by atoms with Gasteiger partial charge in [-0.25, -0.2) is 8.78 Å². The quantitative estimate of drug-likeness (QED) is 0.833. The predicted octanol–water partition coefficient (Wildman–Crippen LogP) is 1.33. The van der Waals surface area contributed by atoms with Crippen LogP contribution in [0.1, 0.15) is 16.8 Å². The van der Waals surface area contributed by atoms with Gasteiger partial charge in [-0.2, -0.15) is 0 Å². The zero-order valence-electron chi connectivity index (χ0n) is 12.2. The van der Waals surface area contributed by atoms with Gasteiger partial charge in [0.2, 0.25) is 0 Å². The van der Waals surface area contributed by atoms with Gasteiger partial charge in [0.1, 0.15) is 11.6 Å². The molecule has 1 saturated heterocycles. The molecule has 21 heavy (non-hydrogen) atoms. The van der Waals surface area contributed by atoms with Gasteiger partial charge in [0.25, 0.3) is 5.91 Å². The highest BCUT2D eigenvalue weighted by atomic mass is 19.1. The molecule has 0 radical (unpaired) electrons. The molecule has 0 aliphatic carbocycles. The van der Waals surface area contributed by atoms with E-state index in [1.807, 2.05) is 0 Å². The molecule has 0 aromatic heterocycles. The summed E-state index contributed by atoms with van der Waals surface area (Å²) in [7, 11) is 2.11. The fraction of sp³-hybridized carbons (Fsp3) is 0.533. The van der Waals surface area contributed by atoms with E-state index in [1.165, 1.54) is 6.07 Å². The Bertz CT molecular complexity index is 488. The van der Waals surface area contributed by atoms with E-state index < -0.39 is 17.5 Å². The van der Waals surface area contributed by atoms with Crippen LogP contribution in [0.4, 0.5) is 8.78 Å². The van der Waals surface area contributed by atoms with E-state index in [9.17, 15) is 13.6 Å². The summed E-state index contributed by atoms with van der Waals surface area (Å²) in [6.45, 7) is 5.61. The highest BCUT2D eigenvalue weighted by Gasteiger charge is 2.14. The summed E-state index contributed by atoms with van der Waals surface area (Å²) in [4.78, 5) is 16.4. The number of carbonyl (C=O) groups excluding carboxylic acids is 1. The minimum absolute atomic E-state index is 0.115. The van der Waals surface area contributed by atoms with Crippen LogP contribution >= 0.6 is 0 Å². The van der Waals surface area contributed by atoms with Crippen LogP contribution in [0.15, 0.2) is 18.2 Å². The lowest BCUT2D eigenvalue weighted by atomic mass is 10.2. The third kappa shape index (κ3) is 4.75. The first-order chi connectivity index (χ1) is 10.1. The molecule has 0 atom stereocenters. The van der Waals surface area contributed by atoms with E-state index in [1.54, 1.807) is 0 Å². The van der Waals surface area contributed by atoms with E-state index in [4.69, 9.17) is 0 Å². The van der Waals surface area contributed by atoms with Gasteiger partial charge in [-0.05, 0) is 32.1 Å². The number of likely N-dealkylation sites (N-methyl/N-ethyl adjacent to an activating group) is 1. The van der Waals surface area contributed by atoms with Crippen molar-refractivity contribution >= 4 is 5.91 Å². The number of piperazine rings is 1. The van der Waals surface area contributed by atoms with Gasteiger partial charge in [0.05, 0.1) is 5.56 Å². The molecule has 1 aliphatic rings. The van der Waals surface area contributed by atoms with Crippen LogP contribution in [-0.2, 0) is 0 Å². The largest absolute Gasteiger partial charge is 0.352 e. The number of nitrogens with one attached hydrogen (secondary N) is 1.